The number of rotatable bonds is 4. The Morgan fingerprint density at radius 3 is 1.60 bits per heavy atom. The van der Waals surface area contributed by atoms with Crippen LogP contribution in [-0.4, -0.2) is 11.6 Å². The first-order valence-corrected chi connectivity index (χ1v) is 6.80. The number of hydrogen-bond acceptors (Lipinski definition) is 0. The van der Waals surface area contributed by atoms with Crippen molar-refractivity contribution in [2.45, 2.75) is 60.1 Å². The van der Waals surface area contributed by atoms with Crippen LogP contribution in [0, 0.1) is 10.8 Å². The van der Waals surface area contributed by atoms with Crippen molar-refractivity contribution in [1.29, 1.82) is 0 Å². The topological polar surface area (TPSA) is 0 Å². The maximum Gasteiger partial charge on any atom is 0.290 e. The molecule has 0 bridgehead atoms. The van der Waals surface area contributed by atoms with Gasteiger partial charge in [0.15, 0.2) is 0 Å². The van der Waals surface area contributed by atoms with Crippen LogP contribution in [0.25, 0.3) is 0 Å². The Morgan fingerprint density at radius 1 is 0.900 bits per heavy atom. The Hall–Kier alpha value is -0.990. The van der Waals surface area contributed by atoms with E-state index in [0.29, 0.717) is 0 Å². The second-order valence-corrected chi connectivity index (χ2v) is 7.09. The standard InChI is InChI=1S/C17H27F3/c1-9-11-13(12-10-2)16(18,14(3,4)5)17(19,20)15(6,7)8/h9-12H,1H2,2-8H3/b12-10-,13-11+. The zero-order chi connectivity index (χ0) is 16.4. The first kappa shape index (κ1) is 19.0. The molecule has 1 unspecified atom stereocenters. The first-order chi connectivity index (χ1) is 8.77. The minimum absolute atomic E-state index is 0.0533. The van der Waals surface area contributed by atoms with Crippen molar-refractivity contribution in [3.05, 3.63) is 36.5 Å². The maximum atomic E-state index is 15.7. The lowest BCUT2D eigenvalue weighted by atomic mass is 9.63. The monoisotopic (exact) mass is 288 g/mol. The molecule has 0 rings (SSSR count). The van der Waals surface area contributed by atoms with Gasteiger partial charge in [-0.05, 0) is 12.5 Å². The fourth-order valence-electron chi connectivity index (χ4n) is 2.19. The summed E-state index contributed by atoms with van der Waals surface area (Å²) in [5.74, 6) is -3.54. The lowest BCUT2D eigenvalue weighted by Gasteiger charge is -2.49. The molecule has 1 atom stereocenters. The molecule has 0 radical (unpaired) electrons. The summed E-state index contributed by atoms with van der Waals surface area (Å²) in [4.78, 5) is 0. The molecular formula is C17H27F3. The molecule has 0 nitrogen and oxygen atoms in total. The van der Waals surface area contributed by atoms with Gasteiger partial charge in [-0.15, -0.1) is 0 Å². The van der Waals surface area contributed by atoms with Crippen LogP contribution in [0.15, 0.2) is 36.5 Å². The minimum Gasteiger partial charge on any atom is -0.231 e. The van der Waals surface area contributed by atoms with E-state index in [1.54, 1.807) is 13.0 Å². The van der Waals surface area contributed by atoms with Gasteiger partial charge in [-0.25, -0.2) is 13.2 Å². The van der Waals surface area contributed by atoms with Crippen molar-refractivity contribution in [2.75, 3.05) is 0 Å². The van der Waals surface area contributed by atoms with Gasteiger partial charge in [-0.3, -0.25) is 0 Å². The Bertz CT molecular complexity index is 403. The van der Waals surface area contributed by atoms with E-state index in [-0.39, 0.29) is 5.57 Å². The van der Waals surface area contributed by atoms with Crippen LogP contribution in [0.3, 0.4) is 0 Å². The van der Waals surface area contributed by atoms with Crippen LogP contribution in [-0.2, 0) is 0 Å². The van der Waals surface area contributed by atoms with Crippen molar-refractivity contribution in [2.24, 2.45) is 10.8 Å². The van der Waals surface area contributed by atoms with E-state index in [1.807, 2.05) is 0 Å². The second kappa shape index (κ2) is 5.79. The van der Waals surface area contributed by atoms with Gasteiger partial charge < -0.3 is 0 Å². The van der Waals surface area contributed by atoms with Gasteiger partial charge in [0, 0.05) is 10.8 Å². The van der Waals surface area contributed by atoms with E-state index < -0.39 is 22.4 Å². The summed E-state index contributed by atoms with van der Waals surface area (Å²) < 4.78 is 45.5. The molecule has 0 amide bonds. The highest BCUT2D eigenvalue weighted by Gasteiger charge is 2.67. The predicted molar refractivity (Wildman–Crippen MR) is 80.8 cm³/mol. The highest BCUT2D eigenvalue weighted by molar-refractivity contribution is 5.38. The molecule has 0 heterocycles. The zero-order valence-electron chi connectivity index (χ0n) is 13.7. The van der Waals surface area contributed by atoms with Crippen LogP contribution < -0.4 is 0 Å². The van der Waals surface area contributed by atoms with Crippen LogP contribution in [0.2, 0.25) is 0 Å². The third-order valence-corrected chi connectivity index (χ3v) is 3.45. The summed E-state index contributed by atoms with van der Waals surface area (Å²) in [6.45, 7) is 13.7. The summed E-state index contributed by atoms with van der Waals surface area (Å²) in [6.07, 6.45) is 5.62. The van der Waals surface area contributed by atoms with Crippen molar-refractivity contribution >= 4 is 0 Å². The summed E-state index contributed by atoms with van der Waals surface area (Å²) in [7, 11) is 0. The van der Waals surface area contributed by atoms with E-state index in [0.717, 1.165) is 0 Å². The van der Waals surface area contributed by atoms with Gasteiger partial charge in [0.05, 0.1) is 0 Å². The average Bonchev–Trinajstić information content (AvgIpc) is 2.24. The van der Waals surface area contributed by atoms with E-state index >= 15 is 4.39 Å². The highest BCUT2D eigenvalue weighted by atomic mass is 19.3. The predicted octanol–water partition coefficient (Wildman–Crippen LogP) is 6.11. The number of allylic oxidation sites excluding steroid dienone is 5. The van der Waals surface area contributed by atoms with Crippen molar-refractivity contribution in [3.8, 4) is 0 Å². The van der Waals surface area contributed by atoms with E-state index in [9.17, 15) is 8.78 Å². The smallest absolute Gasteiger partial charge is 0.231 e. The highest BCUT2D eigenvalue weighted by Crippen LogP contribution is 2.57. The Kier molecular flexibility index (Phi) is 5.50. The van der Waals surface area contributed by atoms with Crippen molar-refractivity contribution < 1.29 is 13.2 Å². The lowest BCUT2D eigenvalue weighted by molar-refractivity contribution is -0.218. The van der Waals surface area contributed by atoms with Gasteiger partial charge in [0.1, 0.15) is 0 Å². The van der Waals surface area contributed by atoms with Crippen LogP contribution >= 0.6 is 0 Å². The van der Waals surface area contributed by atoms with Crippen molar-refractivity contribution in [1.82, 2.24) is 0 Å². The van der Waals surface area contributed by atoms with Gasteiger partial charge >= 0.3 is 0 Å². The first-order valence-electron chi connectivity index (χ1n) is 6.80. The van der Waals surface area contributed by atoms with E-state index in [4.69, 9.17) is 0 Å². The molecule has 3 heteroatoms. The van der Waals surface area contributed by atoms with Crippen LogP contribution in [0.4, 0.5) is 13.2 Å². The lowest BCUT2D eigenvalue weighted by Crippen LogP contribution is -2.60. The summed E-state index contributed by atoms with van der Waals surface area (Å²) in [6, 6.07) is 0. The maximum absolute atomic E-state index is 15.7. The molecule has 20 heavy (non-hydrogen) atoms. The fourth-order valence-corrected chi connectivity index (χ4v) is 2.19. The Morgan fingerprint density at radius 2 is 1.35 bits per heavy atom. The minimum atomic E-state index is -3.54. The van der Waals surface area contributed by atoms with E-state index in [2.05, 4.69) is 6.58 Å². The van der Waals surface area contributed by atoms with Crippen LogP contribution in [0.1, 0.15) is 48.5 Å². The second-order valence-electron chi connectivity index (χ2n) is 7.09. The SMILES string of the molecule is C=C/C=C(\C=C/C)C(F)(C(C)(C)C)C(F)(F)C(C)(C)C. The molecule has 0 aromatic carbocycles. The summed E-state index contributed by atoms with van der Waals surface area (Å²) in [5.41, 5.74) is -5.61. The molecule has 0 aliphatic carbocycles. The normalized spacial score (nSPS) is 18.2. The molecule has 0 spiro atoms. The average molecular weight is 288 g/mol. The molecular weight excluding hydrogens is 261 g/mol. The molecule has 0 N–H and O–H groups in total. The summed E-state index contributed by atoms with van der Waals surface area (Å²) in [5, 5.41) is 0. The molecule has 0 aliphatic heterocycles. The molecule has 0 aromatic heterocycles. The molecule has 116 valence electrons. The third-order valence-electron chi connectivity index (χ3n) is 3.45. The molecule has 0 fully saturated rings. The molecule has 0 aromatic rings. The Labute approximate surface area is 121 Å². The largest absolute Gasteiger partial charge is 0.290 e. The van der Waals surface area contributed by atoms with Gasteiger partial charge in [0.25, 0.3) is 5.92 Å². The molecule has 0 aliphatic rings. The van der Waals surface area contributed by atoms with Crippen LogP contribution in [0.5, 0.6) is 0 Å². The Balaban J connectivity index is 6.43. The number of alkyl halides is 3. The number of halogens is 3. The van der Waals surface area contributed by atoms with Gasteiger partial charge in [-0.1, -0.05) is 72.4 Å². The third kappa shape index (κ3) is 3.02. The molecule has 0 saturated heterocycles. The zero-order valence-corrected chi connectivity index (χ0v) is 13.7. The number of hydrogen-bond donors (Lipinski definition) is 0. The van der Waals surface area contributed by atoms with E-state index in [1.165, 1.54) is 59.8 Å². The summed E-state index contributed by atoms with van der Waals surface area (Å²) >= 11 is 0. The fraction of sp³-hybridized carbons (Fsp3) is 0.647. The van der Waals surface area contributed by atoms with Gasteiger partial charge in [0.2, 0.25) is 5.67 Å². The molecule has 0 saturated carbocycles. The quantitative estimate of drug-likeness (QED) is 0.547. The van der Waals surface area contributed by atoms with Crippen molar-refractivity contribution in [3.63, 3.8) is 0 Å². The van der Waals surface area contributed by atoms with Gasteiger partial charge in [-0.2, -0.15) is 0 Å².